The fraction of sp³-hybridized carbons (Fsp3) is 0.571. The predicted octanol–water partition coefficient (Wildman–Crippen LogP) is 1.84. The molecule has 1 aromatic heterocycles. The molecule has 18 heavy (non-hydrogen) atoms. The number of hydrogen-bond acceptors (Lipinski definition) is 3. The Kier molecular flexibility index (Phi) is 2.73. The first-order valence-electron chi connectivity index (χ1n) is 6.66. The van der Waals surface area contributed by atoms with E-state index in [4.69, 9.17) is 5.73 Å². The van der Waals surface area contributed by atoms with Gasteiger partial charge in [0.05, 0.1) is 5.56 Å². The number of amides is 1. The third-order valence-electron chi connectivity index (χ3n) is 4.32. The monoisotopic (exact) mass is 245 g/mol. The van der Waals surface area contributed by atoms with Crippen molar-refractivity contribution >= 4 is 11.6 Å². The molecule has 0 aromatic carbocycles. The van der Waals surface area contributed by atoms with Gasteiger partial charge in [0.15, 0.2) is 0 Å². The van der Waals surface area contributed by atoms with E-state index in [9.17, 15) is 4.79 Å². The molecule has 3 rings (SSSR count). The third-order valence-corrected chi connectivity index (χ3v) is 4.32. The van der Waals surface area contributed by atoms with Crippen LogP contribution in [0.2, 0.25) is 0 Å². The topological polar surface area (TPSA) is 59.2 Å². The van der Waals surface area contributed by atoms with Crippen LogP contribution in [-0.4, -0.2) is 28.9 Å². The number of pyridine rings is 1. The van der Waals surface area contributed by atoms with Crippen molar-refractivity contribution < 1.29 is 4.79 Å². The summed E-state index contributed by atoms with van der Waals surface area (Å²) < 4.78 is 0. The normalized spacial score (nSPS) is 26.4. The zero-order valence-corrected chi connectivity index (χ0v) is 10.7. The zero-order valence-electron chi connectivity index (χ0n) is 10.7. The maximum Gasteiger partial charge on any atom is 0.257 e. The van der Waals surface area contributed by atoms with Crippen molar-refractivity contribution in [3.63, 3.8) is 0 Å². The van der Waals surface area contributed by atoms with Crippen molar-refractivity contribution in [2.75, 3.05) is 18.8 Å². The number of likely N-dealkylation sites (tertiary alicyclic amines) is 1. The van der Waals surface area contributed by atoms with Crippen molar-refractivity contribution in [2.24, 2.45) is 11.8 Å². The molecular weight excluding hydrogens is 226 g/mol. The van der Waals surface area contributed by atoms with E-state index in [0.29, 0.717) is 23.1 Å². The van der Waals surface area contributed by atoms with Crippen molar-refractivity contribution in [3.05, 3.63) is 23.5 Å². The van der Waals surface area contributed by atoms with Crippen LogP contribution < -0.4 is 5.73 Å². The Morgan fingerprint density at radius 2 is 2.06 bits per heavy atom. The van der Waals surface area contributed by atoms with Crippen molar-refractivity contribution in [1.82, 2.24) is 9.88 Å². The van der Waals surface area contributed by atoms with Crippen LogP contribution in [0, 0.1) is 18.8 Å². The summed E-state index contributed by atoms with van der Waals surface area (Å²) in [5, 5.41) is 0. The summed E-state index contributed by atoms with van der Waals surface area (Å²) in [6.45, 7) is 3.68. The van der Waals surface area contributed by atoms with E-state index in [1.54, 1.807) is 12.3 Å². The lowest BCUT2D eigenvalue weighted by Gasteiger charge is -2.18. The van der Waals surface area contributed by atoms with E-state index in [2.05, 4.69) is 4.98 Å². The van der Waals surface area contributed by atoms with Crippen LogP contribution in [0.5, 0.6) is 0 Å². The first kappa shape index (κ1) is 11.5. The number of nitrogen functional groups attached to an aromatic ring is 1. The molecule has 2 heterocycles. The van der Waals surface area contributed by atoms with E-state index in [1.165, 1.54) is 19.3 Å². The Bertz CT molecular complexity index is 474. The number of hydrogen-bond donors (Lipinski definition) is 1. The minimum Gasteiger partial charge on any atom is -0.398 e. The van der Waals surface area contributed by atoms with Crippen LogP contribution in [0.4, 0.5) is 5.69 Å². The van der Waals surface area contributed by atoms with Gasteiger partial charge < -0.3 is 10.6 Å². The Balaban J connectivity index is 1.79. The Morgan fingerprint density at radius 1 is 1.39 bits per heavy atom. The second kappa shape index (κ2) is 4.26. The summed E-state index contributed by atoms with van der Waals surface area (Å²) in [7, 11) is 0. The molecule has 4 heteroatoms. The van der Waals surface area contributed by atoms with E-state index in [-0.39, 0.29) is 5.91 Å². The second-order valence-corrected chi connectivity index (χ2v) is 5.57. The molecule has 2 N–H and O–H groups in total. The molecule has 1 aliphatic carbocycles. The molecule has 2 fully saturated rings. The number of rotatable bonds is 1. The Labute approximate surface area is 107 Å². The average molecular weight is 245 g/mol. The highest BCUT2D eigenvalue weighted by Gasteiger charge is 2.38. The summed E-state index contributed by atoms with van der Waals surface area (Å²) in [5.41, 5.74) is 7.87. The summed E-state index contributed by atoms with van der Waals surface area (Å²) >= 11 is 0. The molecule has 1 saturated carbocycles. The van der Waals surface area contributed by atoms with Gasteiger partial charge in [0, 0.05) is 30.7 Å². The van der Waals surface area contributed by atoms with Gasteiger partial charge >= 0.3 is 0 Å². The lowest BCUT2D eigenvalue weighted by molar-refractivity contribution is 0.0781. The SMILES string of the molecule is Cc1cc(N)c(C(=O)N2CC3CCCC3C2)cn1. The van der Waals surface area contributed by atoms with E-state index < -0.39 is 0 Å². The molecule has 1 saturated heterocycles. The maximum absolute atomic E-state index is 12.4. The van der Waals surface area contributed by atoms with Gasteiger partial charge in [0.25, 0.3) is 5.91 Å². The van der Waals surface area contributed by atoms with Gasteiger partial charge in [-0.15, -0.1) is 0 Å². The average Bonchev–Trinajstić information content (AvgIpc) is 2.87. The number of nitrogens with zero attached hydrogens (tertiary/aromatic N) is 2. The maximum atomic E-state index is 12.4. The van der Waals surface area contributed by atoms with Gasteiger partial charge in [-0.2, -0.15) is 0 Å². The van der Waals surface area contributed by atoms with E-state index in [0.717, 1.165) is 18.8 Å². The highest BCUT2D eigenvalue weighted by atomic mass is 16.2. The van der Waals surface area contributed by atoms with Gasteiger partial charge in [-0.1, -0.05) is 6.42 Å². The van der Waals surface area contributed by atoms with E-state index in [1.807, 2.05) is 11.8 Å². The summed E-state index contributed by atoms with van der Waals surface area (Å²) in [5.74, 6) is 1.48. The van der Waals surface area contributed by atoms with Gasteiger partial charge in [-0.25, -0.2) is 0 Å². The zero-order chi connectivity index (χ0) is 12.7. The standard InChI is InChI=1S/C14H19N3O/c1-9-5-13(15)12(6-16-9)14(18)17-7-10-3-2-4-11(10)8-17/h5-6,10-11H,2-4,7-8H2,1H3,(H2,15,16). The molecule has 4 nitrogen and oxygen atoms in total. The van der Waals surface area contributed by atoms with Crippen molar-refractivity contribution in [2.45, 2.75) is 26.2 Å². The molecule has 0 radical (unpaired) electrons. The molecule has 96 valence electrons. The van der Waals surface area contributed by atoms with Crippen LogP contribution in [0.15, 0.2) is 12.3 Å². The fourth-order valence-corrected chi connectivity index (χ4v) is 3.33. The van der Waals surface area contributed by atoms with Crippen molar-refractivity contribution in [3.8, 4) is 0 Å². The second-order valence-electron chi connectivity index (χ2n) is 5.57. The van der Waals surface area contributed by atoms with Crippen LogP contribution in [0.3, 0.4) is 0 Å². The minimum absolute atomic E-state index is 0.0504. The summed E-state index contributed by atoms with van der Waals surface area (Å²) in [6, 6.07) is 1.77. The van der Waals surface area contributed by atoms with Gasteiger partial charge in [0.1, 0.15) is 0 Å². The number of anilines is 1. The first-order valence-corrected chi connectivity index (χ1v) is 6.66. The van der Waals surface area contributed by atoms with Crippen LogP contribution in [0.1, 0.15) is 35.3 Å². The minimum atomic E-state index is 0.0504. The molecule has 1 amide bonds. The Morgan fingerprint density at radius 3 is 2.67 bits per heavy atom. The lowest BCUT2D eigenvalue weighted by Crippen LogP contribution is -2.30. The highest BCUT2D eigenvalue weighted by Crippen LogP contribution is 2.38. The van der Waals surface area contributed by atoms with Crippen LogP contribution >= 0.6 is 0 Å². The number of aryl methyl sites for hydroxylation is 1. The quantitative estimate of drug-likeness (QED) is 0.821. The number of fused-ring (bicyclic) bond motifs is 1. The molecule has 0 spiro atoms. The Hall–Kier alpha value is -1.58. The largest absolute Gasteiger partial charge is 0.398 e. The predicted molar refractivity (Wildman–Crippen MR) is 70.1 cm³/mol. The molecule has 2 atom stereocenters. The number of carbonyl (C=O) groups is 1. The smallest absolute Gasteiger partial charge is 0.257 e. The van der Waals surface area contributed by atoms with Gasteiger partial charge in [-0.05, 0) is 37.7 Å². The van der Waals surface area contributed by atoms with Crippen LogP contribution in [-0.2, 0) is 0 Å². The molecule has 1 aromatic rings. The van der Waals surface area contributed by atoms with Crippen LogP contribution in [0.25, 0.3) is 0 Å². The first-order chi connectivity index (χ1) is 8.65. The summed E-state index contributed by atoms with van der Waals surface area (Å²) in [6.07, 6.45) is 5.48. The highest BCUT2D eigenvalue weighted by molar-refractivity contribution is 5.99. The molecule has 1 aliphatic heterocycles. The number of aromatic nitrogens is 1. The summed E-state index contributed by atoms with van der Waals surface area (Å²) in [4.78, 5) is 18.5. The van der Waals surface area contributed by atoms with Crippen molar-refractivity contribution in [1.29, 1.82) is 0 Å². The third kappa shape index (κ3) is 1.85. The molecular formula is C14H19N3O. The molecule has 2 aliphatic rings. The van der Waals surface area contributed by atoms with Gasteiger partial charge in [0.2, 0.25) is 0 Å². The lowest BCUT2D eigenvalue weighted by atomic mass is 10.0. The molecule has 0 bridgehead atoms. The van der Waals surface area contributed by atoms with E-state index >= 15 is 0 Å². The number of carbonyl (C=O) groups excluding carboxylic acids is 1. The fourth-order valence-electron chi connectivity index (χ4n) is 3.33. The number of nitrogens with two attached hydrogens (primary N) is 1. The van der Waals surface area contributed by atoms with Gasteiger partial charge in [-0.3, -0.25) is 9.78 Å². The molecule has 2 unspecified atom stereocenters.